The Hall–Kier alpha value is -3.33. The lowest BCUT2D eigenvalue weighted by atomic mass is 10.1. The molecule has 1 saturated heterocycles. The molecule has 0 aliphatic carbocycles. The maximum absolute atomic E-state index is 13.5. The van der Waals surface area contributed by atoms with E-state index in [-0.39, 0.29) is 24.2 Å². The molecule has 3 N–H and O–H groups in total. The third kappa shape index (κ3) is 5.47. The van der Waals surface area contributed by atoms with E-state index in [1.165, 1.54) is 23.5 Å². The van der Waals surface area contributed by atoms with Gasteiger partial charge in [-0.3, -0.25) is 9.59 Å². The average molecular weight is 460 g/mol. The molecule has 0 aromatic heterocycles. The quantitative estimate of drug-likeness (QED) is 0.599. The van der Waals surface area contributed by atoms with Crippen LogP contribution in [0.15, 0.2) is 42.5 Å². The molecule has 9 nitrogen and oxygen atoms in total. The van der Waals surface area contributed by atoms with Crippen LogP contribution in [0.1, 0.15) is 17.5 Å². The predicted octanol–water partition coefficient (Wildman–Crippen LogP) is 1.20. The first-order chi connectivity index (χ1) is 15.3. The Kier molecular flexibility index (Phi) is 7.53. The van der Waals surface area contributed by atoms with E-state index in [9.17, 15) is 18.2 Å². The van der Waals surface area contributed by atoms with Crippen molar-refractivity contribution in [2.24, 2.45) is 0 Å². The number of carbonyl (C=O) groups excluding carboxylic acids is 2. The third-order valence-electron chi connectivity index (χ3n) is 5.00. The molecular formula is C21H22FN5O4S. The Bertz CT molecular complexity index is 1070. The number of carbonyl (C=O) groups is 2. The van der Waals surface area contributed by atoms with Crippen LogP contribution < -0.4 is 20.1 Å². The van der Waals surface area contributed by atoms with Gasteiger partial charge in [0.25, 0.3) is 0 Å². The number of rotatable bonds is 6. The van der Waals surface area contributed by atoms with Crippen molar-refractivity contribution >= 4 is 28.7 Å². The molecule has 3 atom stereocenters. The highest BCUT2D eigenvalue weighted by molar-refractivity contribution is 7.80. The zero-order chi connectivity index (χ0) is 23.3. The molecule has 1 fully saturated rings. The van der Waals surface area contributed by atoms with Crippen LogP contribution in [-0.2, 0) is 27.3 Å². The zero-order valence-corrected chi connectivity index (χ0v) is 18.2. The number of halogens is 1. The lowest BCUT2D eigenvalue weighted by molar-refractivity contribution is -0.124. The predicted molar refractivity (Wildman–Crippen MR) is 116 cm³/mol. The second kappa shape index (κ2) is 10.3. The number of ether oxygens (including phenoxy) is 1. The van der Waals surface area contributed by atoms with Crippen molar-refractivity contribution < 1.29 is 22.9 Å². The molecule has 2 aromatic rings. The highest BCUT2D eigenvalue weighted by Crippen LogP contribution is 2.19. The summed E-state index contributed by atoms with van der Waals surface area (Å²) in [5.41, 5.74) is 0.874. The molecule has 1 aliphatic rings. The number of benzene rings is 2. The fraction of sp³-hybridized carbons (Fsp3) is 0.286. The van der Waals surface area contributed by atoms with E-state index in [0.717, 1.165) is 11.6 Å². The number of nitrogens with zero attached hydrogens (tertiary/aromatic N) is 2. The number of hydrogen-bond acceptors (Lipinski definition) is 5. The molecule has 0 saturated carbocycles. The minimum absolute atomic E-state index is 0.0643. The van der Waals surface area contributed by atoms with E-state index >= 15 is 0 Å². The van der Waals surface area contributed by atoms with Crippen molar-refractivity contribution in [2.75, 3.05) is 19.5 Å². The Labute approximate surface area is 187 Å². The van der Waals surface area contributed by atoms with Crippen LogP contribution in [0.4, 0.5) is 10.1 Å². The highest BCUT2D eigenvalue weighted by Gasteiger charge is 2.38. The number of nitriles is 1. The van der Waals surface area contributed by atoms with Gasteiger partial charge in [0.2, 0.25) is 11.8 Å². The van der Waals surface area contributed by atoms with Crippen molar-refractivity contribution in [3.8, 4) is 11.8 Å². The number of likely N-dealkylation sites (N-methyl/N-ethyl adjacent to an activating group) is 1. The zero-order valence-electron chi connectivity index (χ0n) is 17.4. The van der Waals surface area contributed by atoms with Crippen LogP contribution in [0.25, 0.3) is 0 Å². The Balaban J connectivity index is 1.64. The van der Waals surface area contributed by atoms with Crippen LogP contribution in [0.5, 0.6) is 5.75 Å². The van der Waals surface area contributed by atoms with Gasteiger partial charge >= 0.3 is 0 Å². The summed E-state index contributed by atoms with van der Waals surface area (Å²) in [4.78, 5) is 25.4. The number of hydrogen-bond donors (Lipinski definition) is 3. The maximum Gasteiger partial charge on any atom is 0.242 e. The van der Waals surface area contributed by atoms with E-state index in [2.05, 4.69) is 15.4 Å². The first kappa shape index (κ1) is 23.3. The van der Waals surface area contributed by atoms with Crippen LogP contribution in [0.2, 0.25) is 0 Å². The number of anilines is 1. The molecule has 11 heteroatoms. The number of nitrogens with one attached hydrogen (secondary N) is 3. The fourth-order valence-corrected chi connectivity index (χ4v) is 4.17. The summed E-state index contributed by atoms with van der Waals surface area (Å²) in [7, 11) is 3.05. The van der Waals surface area contributed by atoms with Crippen LogP contribution in [0, 0.1) is 17.1 Å². The first-order valence-corrected chi connectivity index (χ1v) is 10.7. The van der Waals surface area contributed by atoms with Gasteiger partial charge in [0.05, 0.1) is 12.7 Å². The van der Waals surface area contributed by atoms with Crippen molar-refractivity contribution in [1.82, 2.24) is 14.3 Å². The van der Waals surface area contributed by atoms with Crippen molar-refractivity contribution in [3.63, 3.8) is 0 Å². The topological polar surface area (TPSA) is 124 Å². The number of methoxy groups -OCH3 is 1. The second-order valence-corrected chi connectivity index (χ2v) is 8.39. The van der Waals surface area contributed by atoms with Gasteiger partial charge in [-0.15, -0.1) is 0 Å². The smallest absolute Gasteiger partial charge is 0.242 e. The molecule has 2 amide bonds. The highest BCUT2D eigenvalue weighted by atomic mass is 32.2. The maximum atomic E-state index is 13.5. The molecule has 0 bridgehead atoms. The second-order valence-electron chi connectivity index (χ2n) is 7.08. The Morgan fingerprint density at radius 3 is 2.66 bits per heavy atom. The van der Waals surface area contributed by atoms with Gasteiger partial charge in [-0.2, -0.15) is 5.26 Å². The summed E-state index contributed by atoms with van der Waals surface area (Å²) >= 11 is -1.77. The summed E-state index contributed by atoms with van der Waals surface area (Å²) in [6.07, 6.45) is 0.0643. The van der Waals surface area contributed by atoms with E-state index in [4.69, 9.17) is 10.00 Å². The molecule has 0 radical (unpaired) electrons. The minimum atomic E-state index is -1.77. The van der Waals surface area contributed by atoms with Gasteiger partial charge in [-0.25, -0.2) is 17.6 Å². The summed E-state index contributed by atoms with van der Waals surface area (Å²) in [5.74, 6) is -0.914. The van der Waals surface area contributed by atoms with Gasteiger partial charge in [0.15, 0.2) is 11.2 Å². The van der Waals surface area contributed by atoms with E-state index in [1.807, 2.05) is 12.1 Å². The monoisotopic (exact) mass is 459 g/mol. The van der Waals surface area contributed by atoms with Gasteiger partial charge in [0, 0.05) is 19.3 Å². The SMILES string of the molecule is COc1ccc(CNC(=O)C2CC(C(=O)Nc3ccc(F)c(C#N)c3)N(C)S(=O)N2)cc1. The molecule has 3 unspecified atom stereocenters. The molecule has 3 rings (SSSR count). The molecule has 2 aromatic carbocycles. The lowest BCUT2D eigenvalue weighted by Crippen LogP contribution is -2.59. The van der Waals surface area contributed by atoms with Crippen LogP contribution in [0.3, 0.4) is 0 Å². The summed E-state index contributed by atoms with van der Waals surface area (Å²) in [6.45, 7) is 0.257. The summed E-state index contributed by atoms with van der Waals surface area (Å²) < 4.78 is 35.0. The van der Waals surface area contributed by atoms with Gasteiger partial charge < -0.3 is 15.4 Å². The first-order valence-electron chi connectivity index (χ1n) is 9.64. The van der Waals surface area contributed by atoms with Crippen LogP contribution >= 0.6 is 0 Å². The molecule has 1 aliphatic heterocycles. The summed E-state index contributed by atoms with van der Waals surface area (Å²) in [6, 6.07) is 10.8. The van der Waals surface area contributed by atoms with Gasteiger partial charge in [-0.1, -0.05) is 12.1 Å². The minimum Gasteiger partial charge on any atom is -0.497 e. The van der Waals surface area contributed by atoms with Gasteiger partial charge in [0.1, 0.15) is 29.7 Å². The standard InChI is InChI=1S/C21H22FN5O4S/c1-27-19(21(29)25-15-5-8-17(22)14(9-15)11-23)10-18(26-32(27)30)20(28)24-12-13-3-6-16(31-2)7-4-13/h3-9,18-19,26H,10,12H2,1-2H3,(H,24,28)(H,25,29). The van der Waals surface area contributed by atoms with Gasteiger partial charge in [-0.05, 0) is 42.3 Å². The molecule has 0 spiro atoms. The lowest BCUT2D eigenvalue weighted by Gasteiger charge is -2.34. The molecule has 32 heavy (non-hydrogen) atoms. The molecule has 168 valence electrons. The largest absolute Gasteiger partial charge is 0.497 e. The van der Waals surface area contributed by atoms with E-state index in [0.29, 0.717) is 5.75 Å². The molecular weight excluding hydrogens is 437 g/mol. The summed E-state index contributed by atoms with van der Waals surface area (Å²) in [5, 5.41) is 14.3. The van der Waals surface area contributed by atoms with Crippen molar-refractivity contribution in [3.05, 3.63) is 59.4 Å². The normalized spacial score (nSPS) is 20.8. The molecule has 1 heterocycles. The Morgan fingerprint density at radius 1 is 1.28 bits per heavy atom. The van der Waals surface area contributed by atoms with Crippen molar-refractivity contribution in [1.29, 1.82) is 5.26 Å². The van der Waals surface area contributed by atoms with E-state index < -0.39 is 40.9 Å². The number of amides is 2. The van der Waals surface area contributed by atoms with Crippen molar-refractivity contribution in [2.45, 2.75) is 25.0 Å². The Morgan fingerprint density at radius 2 is 2.00 bits per heavy atom. The van der Waals surface area contributed by atoms with E-state index in [1.54, 1.807) is 25.3 Å². The average Bonchev–Trinajstić information content (AvgIpc) is 2.80. The third-order valence-corrected chi connectivity index (χ3v) is 6.27. The van der Waals surface area contributed by atoms with Crippen LogP contribution in [-0.4, -0.2) is 46.6 Å². The fourth-order valence-electron chi connectivity index (χ4n) is 3.14.